The molecule has 1 atom stereocenters. The molecule has 2 aromatic heterocycles. The lowest BCUT2D eigenvalue weighted by Gasteiger charge is -2.31. The van der Waals surface area contributed by atoms with Gasteiger partial charge in [0.05, 0.1) is 18.3 Å². The standard InChI is InChI=1S/C29H27N5O3/c1-2-21-14-16-22(17-15-21)28(29(36)30-19-24-11-8-18-37-24)34(23-9-4-3-5-10-23)27(35)20-33-26-13-7-6-12-25(26)31-32-33/h3-18,28H,2,19-20H2,1H3,(H,30,36)/t28-/m1/s1. The summed E-state index contributed by atoms with van der Waals surface area (Å²) in [7, 11) is 0. The van der Waals surface area contributed by atoms with Crippen molar-refractivity contribution >= 4 is 28.5 Å². The number of amides is 2. The minimum absolute atomic E-state index is 0.0790. The highest BCUT2D eigenvalue weighted by Gasteiger charge is 2.33. The zero-order valence-corrected chi connectivity index (χ0v) is 20.4. The number of nitrogens with zero attached hydrogens (tertiary/aromatic N) is 4. The molecule has 1 N–H and O–H groups in total. The van der Waals surface area contributed by atoms with Crippen molar-refractivity contribution in [2.75, 3.05) is 4.90 Å². The molecule has 186 valence electrons. The van der Waals surface area contributed by atoms with Crippen LogP contribution < -0.4 is 10.2 Å². The Bertz CT molecular complexity index is 1480. The number of aryl methyl sites for hydroxylation is 1. The Morgan fingerprint density at radius 3 is 2.43 bits per heavy atom. The van der Waals surface area contributed by atoms with E-state index in [1.165, 1.54) is 4.90 Å². The van der Waals surface area contributed by atoms with E-state index < -0.39 is 6.04 Å². The molecule has 0 aliphatic heterocycles. The molecule has 2 amide bonds. The minimum atomic E-state index is -0.912. The van der Waals surface area contributed by atoms with Gasteiger partial charge < -0.3 is 9.73 Å². The first-order valence-electron chi connectivity index (χ1n) is 12.2. The molecule has 0 saturated heterocycles. The predicted molar refractivity (Wildman–Crippen MR) is 141 cm³/mol. The van der Waals surface area contributed by atoms with Crippen molar-refractivity contribution in [1.82, 2.24) is 20.3 Å². The summed E-state index contributed by atoms with van der Waals surface area (Å²) in [5.74, 6) is 0.0148. The number of hydrogen-bond acceptors (Lipinski definition) is 5. The fourth-order valence-electron chi connectivity index (χ4n) is 4.30. The molecule has 37 heavy (non-hydrogen) atoms. The largest absolute Gasteiger partial charge is 0.467 e. The van der Waals surface area contributed by atoms with Gasteiger partial charge in [0.15, 0.2) is 0 Å². The summed E-state index contributed by atoms with van der Waals surface area (Å²) < 4.78 is 6.95. The monoisotopic (exact) mass is 493 g/mol. The van der Waals surface area contributed by atoms with E-state index in [1.807, 2.05) is 78.9 Å². The minimum Gasteiger partial charge on any atom is -0.467 e. The first kappa shape index (κ1) is 24.0. The first-order valence-corrected chi connectivity index (χ1v) is 12.2. The fourth-order valence-corrected chi connectivity index (χ4v) is 4.30. The summed E-state index contributed by atoms with van der Waals surface area (Å²) in [6.07, 6.45) is 2.43. The van der Waals surface area contributed by atoms with Gasteiger partial charge in [0.1, 0.15) is 23.9 Å². The van der Waals surface area contributed by atoms with Gasteiger partial charge in [-0.05, 0) is 53.9 Å². The number of carbonyl (C=O) groups is 2. The molecule has 3 aromatic carbocycles. The fraction of sp³-hybridized carbons (Fsp3) is 0.172. The van der Waals surface area contributed by atoms with E-state index in [4.69, 9.17) is 4.42 Å². The maximum atomic E-state index is 14.0. The van der Waals surface area contributed by atoms with Crippen LogP contribution in [0.1, 0.15) is 29.9 Å². The number of anilines is 1. The summed E-state index contributed by atoms with van der Waals surface area (Å²) in [5, 5.41) is 11.3. The van der Waals surface area contributed by atoms with Gasteiger partial charge in [-0.25, -0.2) is 4.68 Å². The van der Waals surface area contributed by atoms with E-state index in [9.17, 15) is 9.59 Å². The molecule has 0 bridgehead atoms. The summed E-state index contributed by atoms with van der Waals surface area (Å²) in [5.41, 5.74) is 3.90. The predicted octanol–water partition coefficient (Wildman–Crippen LogP) is 4.68. The van der Waals surface area contributed by atoms with Crippen LogP contribution in [0.2, 0.25) is 0 Å². The average Bonchev–Trinajstić information content (AvgIpc) is 3.61. The number of furan rings is 1. The Hall–Kier alpha value is -4.72. The van der Waals surface area contributed by atoms with Crippen LogP contribution in [0.15, 0.2) is 102 Å². The summed E-state index contributed by atoms with van der Waals surface area (Å²) >= 11 is 0. The number of rotatable bonds is 9. The summed E-state index contributed by atoms with van der Waals surface area (Å²) in [4.78, 5) is 29.3. The Morgan fingerprint density at radius 1 is 0.946 bits per heavy atom. The Labute approximate surface area is 214 Å². The van der Waals surface area contributed by atoms with Gasteiger partial charge in [0.25, 0.3) is 0 Å². The number of nitrogens with one attached hydrogen (secondary N) is 1. The molecule has 5 aromatic rings. The molecule has 8 heteroatoms. The third kappa shape index (κ3) is 5.28. The maximum absolute atomic E-state index is 14.0. The van der Waals surface area contributed by atoms with E-state index >= 15 is 0 Å². The van der Waals surface area contributed by atoms with Gasteiger partial charge in [-0.2, -0.15) is 0 Å². The average molecular weight is 494 g/mol. The van der Waals surface area contributed by atoms with Crippen molar-refractivity contribution in [3.8, 4) is 0 Å². The highest BCUT2D eigenvalue weighted by molar-refractivity contribution is 6.01. The molecule has 0 spiro atoms. The topological polar surface area (TPSA) is 93.3 Å². The highest BCUT2D eigenvalue weighted by atomic mass is 16.3. The van der Waals surface area contributed by atoms with E-state index in [0.717, 1.165) is 17.5 Å². The Kier molecular flexibility index (Phi) is 7.07. The van der Waals surface area contributed by atoms with E-state index in [-0.39, 0.29) is 24.9 Å². The van der Waals surface area contributed by atoms with E-state index in [0.29, 0.717) is 22.5 Å². The maximum Gasteiger partial charge on any atom is 0.249 e. The molecule has 0 saturated carbocycles. The second-order valence-corrected chi connectivity index (χ2v) is 8.63. The van der Waals surface area contributed by atoms with Gasteiger partial charge in [0.2, 0.25) is 11.8 Å². The van der Waals surface area contributed by atoms with Crippen LogP contribution in [0.4, 0.5) is 5.69 Å². The SMILES string of the molecule is CCc1ccc([C@H](C(=O)NCc2ccco2)N(C(=O)Cn2nnc3ccccc32)c2ccccc2)cc1. The molecule has 0 unspecified atom stereocenters. The zero-order chi connectivity index (χ0) is 25.6. The van der Waals surface area contributed by atoms with Crippen LogP contribution in [0, 0.1) is 0 Å². The highest BCUT2D eigenvalue weighted by Crippen LogP contribution is 2.29. The number of carbonyl (C=O) groups excluding carboxylic acids is 2. The normalized spacial score (nSPS) is 11.8. The lowest BCUT2D eigenvalue weighted by Crippen LogP contribution is -2.45. The molecular weight excluding hydrogens is 466 g/mol. The van der Waals surface area contributed by atoms with Crippen molar-refractivity contribution in [1.29, 1.82) is 0 Å². The lowest BCUT2D eigenvalue weighted by atomic mass is 10.0. The Morgan fingerprint density at radius 2 is 1.70 bits per heavy atom. The van der Waals surface area contributed by atoms with E-state index in [2.05, 4.69) is 22.6 Å². The van der Waals surface area contributed by atoms with Crippen LogP contribution >= 0.6 is 0 Å². The first-order chi connectivity index (χ1) is 18.1. The van der Waals surface area contributed by atoms with Crippen LogP contribution in [0.5, 0.6) is 0 Å². The second kappa shape index (κ2) is 10.9. The Balaban J connectivity index is 1.54. The van der Waals surface area contributed by atoms with Gasteiger partial charge in [-0.1, -0.05) is 66.7 Å². The zero-order valence-electron chi connectivity index (χ0n) is 20.4. The van der Waals surface area contributed by atoms with Gasteiger partial charge in [0, 0.05) is 5.69 Å². The summed E-state index contributed by atoms with van der Waals surface area (Å²) in [6.45, 7) is 2.20. The van der Waals surface area contributed by atoms with Crippen LogP contribution in [0.25, 0.3) is 11.0 Å². The quantitative estimate of drug-likeness (QED) is 0.322. The molecule has 0 fully saturated rings. The molecule has 0 aliphatic carbocycles. The van der Waals surface area contributed by atoms with Crippen molar-refractivity contribution in [2.45, 2.75) is 32.5 Å². The summed E-state index contributed by atoms with van der Waals surface area (Å²) in [6, 6.07) is 27.1. The smallest absolute Gasteiger partial charge is 0.249 e. The van der Waals surface area contributed by atoms with Crippen molar-refractivity contribution in [3.63, 3.8) is 0 Å². The number of benzene rings is 3. The number of fused-ring (bicyclic) bond motifs is 1. The van der Waals surface area contributed by atoms with Crippen molar-refractivity contribution in [2.24, 2.45) is 0 Å². The van der Waals surface area contributed by atoms with Gasteiger partial charge in [-0.3, -0.25) is 14.5 Å². The van der Waals surface area contributed by atoms with Crippen molar-refractivity contribution < 1.29 is 14.0 Å². The third-order valence-corrected chi connectivity index (χ3v) is 6.24. The van der Waals surface area contributed by atoms with Gasteiger partial charge in [-0.15, -0.1) is 5.10 Å². The molecule has 8 nitrogen and oxygen atoms in total. The molecule has 0 aliphatic rings. The molecule has 5 rings (SSSR count). The van der Waals surface area contributed by atoms with Crippen LogP contribution in [-0.2, 0) is 29.1 Å². The number of hydrogen-bond donors (Lipinski definition) is 1. The number of aromatic nitrogens is 3. The molecular formula is C29H27N5O3. The molecule has 2 heterocycles. The van der Waals surface area contributed by atoms with Crippen molar-refractivity contribution in [3.05, 3.63) is 114 Å². The van der Waals surface area contributed by atoms with Crippen LogP contribution in [-0.4, -0.2) is 26.8 Å². The van der Waals surface area contributed by atoms with E-state index in [1.54, 1.807) is 23.1 Å². The lowest BCUT2D eigenvalue weighted by molar-refractivity contribution is -0.127. The van der Waals surface area contributed by atoms with Gasteiger partial charge >= 0.3 is 0 Å². The molecule has 0 radical (unpaired) electrons. The second-order valence-electron chi connectivity index (χ2n) is 8.63. The third-order valence-electron chi connectivity index (χ3n) is 6.24. The number of para-hydroxylation sites is 2. The van der Waals surface area contributed by atoms with Crippen LogP contribution in [0.3, 0.4) is 0 Å².